The first-order valence-corrected chi connectivity index (χ1v) is 4.73. The molecule has 2 N–H and O–H groups in total. The van der Waals surface area contributed by atoms with E-state index in [0.717, 1.165) is 18.2 Å². The van der Waals surface area contributed by atoms with Gasteiger partial charge in [0.25, 0.3) is 0 Å². The normalized spacial score (nSPS) is 11.6. The van der Waals surface area contributed by atoms with Gasteiger partial charge in [-0.05, 0) is 23.8 Å². The molecule has 0 aliphatic heterocycles. The molecule has 7 heteroatoms. The number of nitrogen functional groups attached to an aromatic ring is 1. The highest BCUT2D eigenvalue weighted by atomic mass is 19.4. The first-order valence-electron chi connectivity index (χ1n) is 4.73. The van der Waals surface area contributed by atoms with Crippen LogP contribution in [0.15, 0.2) is 24.3 Å². The molecule has 0 fully saturated rings. The van der Waals surface area contributed by atoms with E-state index in [1.165, 1.54) is 19.3 Å². The first kappa shape index (κ1) is 13.9. The van der Waals surface area contributed by atoms with Crippen LogP contribution in [0.25, 0.3) is 6.08 Å². The number of carbonyl (C=O) groups excluding carboxylic acids is 1. The summed E-state index contributed by atoms with van der Waals surface area (Å²) in [6.45, 7) is 0. The van der Waals surface area contributed by atoms with Gasteiger partial charge >= 0.3 is 12.3 Å². The molecule has 1 rings (SSSR count). The molecule has 0 heterocycles. The molecule has 0 bridgehead atoms. The average molecular weight is 261 g/mol. The molecule has 18 heavy (non-hydrogen) atoms. The minimum atomic E-state index is -4.77. The van der Waals surface area contributed by atoms with E-state index in [9.17, 15) is 18.0 Å². The Kier molecular flexibility index (Phi) is 4.19. The average Bonchev–Trinajstić information content (AvgIpc) is 2.25. The van der Waals surface area contributed by atoms with Crippen LogP contribution in [0, 0.1) is 0 Å². The molecule has 0 unspecified atom stereocenters. The molecule has 0 aliphatic carbocycles. The molecule has 0 amide bonds. The van der Waals surface area contributed by atoms with Crippen molar-refractivity contribution >= 4 is 17.7 Å². The maximum Gasteiger partial charge on any atom is 0.573 e. The molecule has 1 aromatic rings. The number of carbonyl (C=O) groups is 1. The van der Waals surface area contributed by atoms with E-state index in [2.05, 4.69) is 9.47 Å². The number of hydrogen-bond acceptors (Lipinski definition) is 4. The van der Waals surface area contributed by atoms with Gasteiger partial charge in [0.2, 0.25) is 0 Å². The van der Waals surface area contributed by atoms with E-state index < -0.39 is 18.1 Å². The highest BCUT2D eigenvalue weighted by Gasteiger charge is 2.31. The summed E-state index contributed by atoms with van der Waals surface area (Å²) in [5, 5.41) is 0. The van der Waals surface area contributed by atoms with Crippen LogP contribution in [-0.4, -0.2) is 19.4 Å². The zero-order chi connectivity index (χ0) is 13.8. The lowest BCUT2D eigenvalue weighted by Crippen LogP contribution is -2.17. The van der Waals surface area contributed by atoms with Crippen molar-refractivity contribution in [2.45, 2.75) is 6.36 Å². The van der Waals surface area contributed by atoms with Gasteiger partial charge in [0.1, 0.15) is 5.75 Å². The van der Waals surface area contributed by atoms with Crippen molar-refractivity contribution in [3.05, 3.63) is 29.8 Å². The quantitative estimate of drug-likeness (QED) is 0.515. The van der Waals surface area contributed by atoms with Gasteiger partial charge in [0, 0.05) is 17.8 Å². The van der Waals surface area contributed by atoms with E-state index in [-0.39, 0.29) is 5.69 Å². The minimum Gasteiger partial charge on any atom is -0.466 e. The van der Waals surface area contributed by atoms with Crippen LogP contribution in [0.3, 0.4) is 0 Å². The maximum absolute atomic E-state index is 11.9. The lowest BCUT2D eigenvalue weighted by atomic mass is 10.1. The summed E-state index contributed by atoms with van der Waals surface area (Å²) in [5.74, 6) is -1.01. The summed E-state index contributed by atoms with van der Waals surface area (Å²) < 4.78 is 43.9. The van der Waals surface area contributed by atoms with E-state index in [4.69, 9.17) is 5.73 Å². The van der Waals surface area contributed by atoms with Crippen molar-refractivity contribution in [3.8, 4) is 5.75 Å². The zero-order valence-electron chi connectivity index (χ0n) is 9.32. The summed E-state index contributed by atoms with van der Waals surface area (Å²) >= 11 is 0. The van der Waals surface area contributed by atoms with Crippen molar-refractivity contribution in [2.75, 3.05) is 12.8 Å². The monoisotopic (exact) mass is 261 g/mol. The number of halogens is 3. The van der Waals surface area contributed by atoms with Crippen LogP contribution >= 0.6 is 0 Å². The van der Waals surface area contributed by atoms with Crippen molar-refractivity contribution < 1.29 is 27.4 Å². The van der Waals surface area contributed by atoms with Crippen LogP contribution in [0.5, 0.6) is 5.75 Å². The molecule has 1 aromatic carbocycles. The van der Waals surface area contributed by atoms with Crippen LogP contribution in [-0.2, 0) is 9.53 Å². The molecule has 0 saturated carbocycles. The number of benzene rings is 1. The van der Waals surface area contributed by atoms with Crippen LogP contribution in [0.2, 0.25) is 0 Å². The third kappa shape index (κ3) is 4.36. The lowest BCUT2D eigenvalue weighted by Gasteiger charge is -2.10. The fourth-order valence-electron chi connectivity index (χ4n) is 1.13. The Hall–Kier alpha value is -2.18. The third-order valence-corrected chi connectivity index (χ3v) is 1.89. The summed E-state index contributed by atoms with van der Waals surface area (Å²) in [5.41, 5.74) is 5.95. The summed E-state index contributed by atoms with van der Waals surface area (Å²) in [6.07, 6.45) is -2.33. The topological polar surface area (TPSA) is 61.5 Å². The molecule has 0 radical (unpaired) electrons. The maximum atomic E-state index is 11.9. The van der Waals surface area contributed by atoms with Crippen LogP contribution in [0.4, 0.5) is 18.9 Å². The van der Waals surface area contributed by atoms with Crippen molar-refractivity contribution in [1.29, 1.82) is 0 Å². The Balaban J connectivity index is 2.86. The van der Waals surface area contributed by atoms with Gasteiger partial charge in [0.05, 0.1) is 7.11 Å². The number of hydrogen-bond donors (Lipinski definition) is 1. The van der Waals surface area contributed by atoms with Crippen molar-refractivity contribution in [3.63, 3.8) is 0 Å². The molecular weight excluding hydrogens is 251 g/mol. The van der Waals surface area contributed by atoms with Gasteiger partial charge in [-0.2, -0.15) is 0 Å². The van der Waals surface area contributed by atoms with Gasteiger partial charge < -0.3 is 15.2 Å². The van der Waals surface area contributed by atoms with Gasteiger partial charge in [0.15, 0.2) is 0 Å². The molecular formula is C11H10F3NO3. The number of anilines is 1. The Morgan fingerprint density at radius 3 is 2.56 bits per heavy atom. The van der Waals surface area contributed by atoms with Crippen LogP contribution in [0.1, 0.15) is 5.56 Å². The highest BCUT2D eigenvalue weighted by Crippen LogP contribution is 2.26. The van der Waals surface area contributed by atoms with E-state index in [0.29, 0.717) is 5.56 Å². The fourth-order valence-corrected chi connectivity index (χ4v) is 1.13. The predicted octanol–water partition coefficient (Wildman–Crippen LogP) is 2.35. The molecule has 0 aromatic heterocycles. The van der Waals surface area contributed by atoms with E-state index in [1.807, 2.05) is 0 Å². The van der Waals surface area contributed by atoms with Crippen molar-refractivity contribution in [2.24, 2.45) is 0 Å². The Morgan fingerprint density at radius 2 is 2.06 bits per heavy atom. The second-order valence-corrected chi connectivity index (χ2v) is 3.20. The first-order chi connectivity index (χ1) is 8.31. The number of nitrogens with two attached hydrogens (primary N) is 1. The predicted molar refractivity (Wildman–Crippen MR) is 58.6 cm³/mol. The summed E-state index contributed by atoms with van der Waals surface area (Å²) in [7, 11) is 1.20. The van der Waals surface area contributed by atoms with E-state index in [1.54, 1.807) is 0 Å². The Bertz CT molecular complexity index is 469. The number of alkyl halides is 3. The molecule has 0 spiro atoms. The Morgan fingerprint density at radius 1 is 1.39 bits per heavy atom. The molecule has 0 saturated heterocycles. The number of rotatable bonds is 3. The number of ether oxygens (including phenoxy) is 2. The van der Waals surface area contributed by atoms with Gasteiger partial charge in [-0.15, -0.1) is 13.2 Å². The van der Waals surface area contributed by atoms with Gasteiger partial charge in [-0.3, -0.25) is 0 Å². The molecule has 0 aliphatic rings. The summed E-state index contributed by atoms with van der Waals surface area (Å²) in [4.78, 5) is 10.8. The zero-order valence-corrected chi connectivity index (χ0v) is 9.32. The largest absolute Gasteiger partial charge is 0.573 e. The minimum absolute atomic E-state index is 0.0527. The van der Waals surface area contributed by atoms with Gasteiger partial charge in [-0.25, -0.2) is 4.79 Å². The van der Waals surface area contributed by atoms with Crippen molar-refractivity contribution in [1.82, 2.24) is 0 Å². The SMILES string of the molecule is COC(=O)/C=C/c1ccc(OC(F)(F)F)cc1N. The number of esters is 1. The Labute approximate surface area is 101 Å². The fraction of sp³-hybridized carbons (Fsp3) is 0.182. The number of methoxy groups -OCH3 is 1. The third-order valence-electron chi connectivity index (χ3n) is 1.89. The second kappa shape index (κ2) is 5.44. The second-order valence-electron chi connectivity index (χ2n) is 3.20. The standard InChI is InChI=1S/C11H10F3NO3/c1-17-10(16)5-3-7-2-4-8(6-9(7)15)18-11(12,13)14/h2-6H,15H2,1H3/b5-3+. The highest BCUT2D eigenvalue weighted by molar-refractivity contribution is 5.88. The molecule has 0 atom stereocenters. The van der Waals surface area contributed by atoms with E-state index >= 15 is 0 Å². The lowest BCUT2D eigenvalue weighted by molar-refractivity contribution is -0.274. The molecule has 4 nitrogen and oxygen atoms in total. The van der Waals surface area contributed by atoms with Crippen LogP contribution < -0.4 is 10.5 Å². The summed E-state index contributed by atoms with van der Waals surface area (Å²) in [6, 6.07) is 3.42. The van der Waals surface area contributed by atoms with Gasteiger partial charge in [-0.1, -0.05) is 0 Å². The smallest absolute Gasteiger partial charge is 0.466 e. The molecule has 98 valence electrons.